The lowest BCUT2D eigenvalue weighted by Gasteiger charge is -2.15. The molecule has 3 aromatic rings. The Kier molecular flexibility index (Phi) is 6.33. The van der Waals surface area contributed by atoms with Crippen molar-refractivity contribution in [3.8, 4) is 5.69 Å². The number of hydrogen-bond acceptors (Lipinski definition) is 7. The summed E-state index contributed by atoms with van der Waals surface area (Å²) in [5, 5.41) is 12.0. The van der Waals surface area contributed by atoms with Crippen molar-refractivity contribution in [2.45, 2.75) is 23.4 Å². The van der Waals surface area contributed by atoms with Crippen molar-refractivity contribution in [2.75, 3.05) is 19.3 Å². The summed E-state index contributed by atoms with van der Waals surface area (Å²) >= 11 is 0. The number of aromatic nitrogens is 4. The molecule has 2 heterocycles. The minimum Gasteiger partial charge on any atom is -0.326 e. The summed E-state index contributed by atoms with van der Waals surface area (Å²) in [6.07, 6.45) is 1.18. The van der Waals surface area contributed by atoms with Crippen LogP contribution in [-0.4, -0.2) is 58.9 Å². The first kappa shape index (κ1) is 21.4. The molecule has 0 saturated carbocycles. The maximum absolute atomic E-state index is 11.6. The van der Waals surface area contributed by atoms with Crippen LogP contribution in [0.3, 0.4) is 0 Å². The quantitative estimate of drug-likeness (QED) is 0.646. The zero-order chi connectivity index (χ0) is 19.7. The molecule has 1 aliphatic heterocycles. The Balaban J connectivity index is 0.00000240. The van der Waals surface area contributed by atoms with E-state index in [4.69, 9.17) is 5.73 Å². The number of benzene rings is 2. The van der Waals surface area contributed by atoms with Crippen molar-refractivity contribution in [3.63, 3.8) is 0 Å². The summed E-state index contributed by atoms with van der Waals surface area (Å²) in [5.74, 6) is 0.965. The molecule has 4 rings (SSSR count). The second-order valence-corrected chi connectivity index (χ2v) is 9.16. The van der Waals surface area contributed by atoms with Gasteiger partial charge < -0.3 is 5.73 Å². The van der Waals surface area contributed by atoms with Crippen LogP contribution in [0.25, 0.3) is 5.69 Å². The van der Waals surface area contributed by atoms with E-state index in [0.717, 1.165) is 18.8 Å². The zero-order valence-electron chi connectivity index (χ0n) is 15.9. The van der Waals surface area contributed by atoms with Crippen LogP contribution in [0.4, 0.5) is 0 Å². The molecule has 0 spiro atoms. The molecule has 0 radical (unpaired) electrons. The third-order valence-corrected chi connectivity index (χ3v) is 6.21. The van der Waals surface area contributed by atoms with E-state index < -0.39 is 9.84 Å². The van der Waals surface area contributed by atoms with Crippen LogP contribution in [0, 0.1) is 0 Å². The molecule has 1 saturated heterocycles. The average molecular weight is 435 g/mol. The van der Waals surface area contributed by atoms with Gasteiger partial charge in [0, 0.05) is 31.3 Å². The molecular formula is C19H23ClN6O2S. The molecule has 2 atom stereocenters. The Morgan fingerprint density at radius 1 is 1.07 bits per heavy atom. The van der Waals surface area contributed by atoms with Gasteiger partial charge in [-0.25, -0.2) is 8.42 Å². The Morgan fingerprint density at radius 3 is 2.41 bits per heavy atom. The van der Waals surface area contributed by atoms with E-state index in [-0.39, 0.29) is 29.3 Å². The molecule has 10 heteroatoms. The predicted octanol–water partition coefficient (Wildman–Crippen LogP) is 1.41. The topological polar surface area (TPSA) is 107 Å². The fourth-order valence-corrected chi connectivity index (χ4v) is 4.27. The Bertz CT molecular complexity index is 1060. The van der Waals surface area contributed by atoms with Gasteiger partial charge in [0.1, 0.15) is 0 Å². The number of hydrogen-bond donors (Lipinski definition) is 1. The molecule has 1 fully saturated rings. The van der Waals surface area contributed by atoms with Crippen LogP contribution in [0.15, 0.2) is 59.5 Å². The third-order valence-electron chi connectivity index (χ3n) is 5.08. The maximum atomic E-state index is 11.6. The van der Waals surface area contributed by atoms with Crippen LogP contribution in [-0.2, 0) is 16.4 Å². The SMILES string of the molecule is CS(=O)(=O)c1ccc(-n2nnnc2CN2C[C@@H](N)[C@H](c3ccccc3)C2)cc1.Cl. The van der Waals surface area contributed by atoms with Gasteiger partial charge in [-0.15, -0.1) is 17.5 Å². The van der Waals surface area contributed by atoms with Crippen molar-refractivity contribution in [1.82, 2.24) is 25.1 Å². The number of tetrazole rings is 1. The van der Waals surface area contributed by atoms with Gasteiger partial charge in [-0.05, 0) is 40.3 Å². The summed E-state index contributed by atoms with van der Waals surface area (Å²) in [7, 11) is -3.24. The van der Waals surface area contributed by atoms with E-state index in [1.807, 2.05) is 18.2 Å². The van der Waals surface area contributed by atoms with Crippen LogP contribution in [0.2, 0.25) is 0 Å². The number of likely N-dealkylation sites (tertiary alicyclic amines) is 1. The first-order valence-corrected chi connectivity index (χ1v) is 10.9. The average Bonchev–Trinajstić information content (AvgIpc) is 3.28. The van der Waals surface area contributed by atoms with E-state index in [1.165, 1.54) is 11.8 Å². The van der Waals surface area contributed by atoms with Crippen LogP contribution < -0.4 is 5.73 Å². The Labute approximate surface area is 176 Å². The van der Waals surface area contributed by atoms with E-state index in [1.54, 1.807) is 28.9 Å². The lowest BCUT2D eigenvalue weighted by Crippen LogP contribution is -2.29. The van der Waals surface area contributed by atoms with E-state index in [2.05, 4.69) is 32.6 Å². The van der Waals surface area contributed by atoms with Gasteiger partial charge in [0.25, 0.3) is 0 Å². The number of sulfone groups is 1. The largest absolute Gasteiger partial charge is 0.326 e. The minimum atomic E-state index is -3.24. The van der Waals surface area contributed by atoms with Crippen molar-refractivity contribution >= 4 is 22.2 Å². The lowest BCUT2D eigenvalue weighted by atomic mass is 9.95. The summed E-state index contributed by atoms with van der Waals surface area (Å²) in [6, 6.07) is 16.9. The number of nitrogens with zero attached hydrogens (tertiary/aromatic N) is 5. The summed E-state index contributed by atoms with van der Waals surface area (Å²) in [4.78, 5) is 2.51. The van der Waals surface area contributed by atoms with Crippen LogP contribution in [0.5, 0.6) is 0 Å². The maximum Gasteiger partial charge on any atom is 0.175 e. The van der Waals surface area contributed by atoms with E-state index in [9.17, 15) is 8.42 Å². The normalized spacial score (nSPS) is 19.8. The van der Waals surface area contributed by atoms with Gasteiger partial charge in [-0.2, -0.15) is 4.68 Å². The van der Waals surface area contributed by atoms with Crippen LogP contribution >= 0.6 is 12.4 Å². The fraction of sp³-hybridized carbons (Fsp3) is 0.316. The van der Waals surface area contributed by atoms with Crippen molar-refractivity contribution in [1.29, 1.82) is 0 Å². The molecule has 29 heavy (non-hydrogen) atoms. The van der Waals surface area contributed by atoms with Crippen LogP contribution in [0.1, 0.15) is 17.3 Å². The van der Waals surface area contributed by atoms with Gasteiger partial charge in [-0.3, -0.25) is 4.90 Å². The number of rotatable bonds is 5. The highest BCUT2D eigenvalue weighted by Gasteiger charge is 2.32. The van der Waals surface area contributed by atoms with Gasteiger partial charge in [0.15, 0.2) is 15.7 Å². The Morgan fingerprint density at radius 2 is 1.76 bits per heavy atom. The third kappa shape index (κ3) is 4.64. The molecule has 2 aromatic carbocycles. The number of nitrogens with two attached hydrogens (primary N) is 1. The predicted molar refractivity (Wildman–Crippen MR) is 112 cm³/mol. The van der Waals surface area contributed by atoms with E-state index >= 15 is 0 Å². The second kappa shape index (κ2) is 8.58. The Hall–Kier alpha value is -2.33. The summed E-state index contributed by atoms with van der Waals surface area (Å²) < 4.78 is 24.9. The molecule has 0 unspecified atom stereocenters. The zero-order valence-corrected chi connectivity index (χ0v) is 17.6. The summed E-state index contributed by atoms with van der Waals surface area (Å²) in [6.45, 7) is 2.17. The van der Waals surface area contributed by atoms with E-state index in [0.29, 0.717) is 12.4 Å². The van der Waals surface area contributed by atoms with Gasteiger partial charge in [0.2, 0.25) is 0 Å². The lowest BCUT2D eigenvalue weighted by molar-refractivity contribution is 0.312. The molecule has 154 valence electrons. The van der Waals surface area contributed by atoms with Crippen molar-refractivity contribution < 1.29 is 8.42 Å². The fourth-order valence-electron chi connectivity index (χ4n) is 3.63. The molecule has 1 aliphatic rings. The summed E-state index contributed by atoms with van der Waals surface area (Å²) in [5.41, 5.74) is 8.34. The monoisotopic (exact) mass is 434 g/mol. The van der Waals surface area contributed by atoms with Gasteiger partial charge in [0.05, 0.1) is 17.1 Å². The van der Waals surface area contributed by atoms with Gasteiger partial charge in [-0.1, -0.05) is 30.3 Å². The molecular weight excluding hydrogens is 412 g/mol. The molecule has 2 N–H and O–H groups in total. The molecule has 8 nitrogen and oxygen atoms in total. The first-order chi connectivity index (χ1) is 13.4. The standard InChI is InChI=1S/C19H22N6O2S.ClH/c1-28(26,27)16-9-7-15(8-10-16)25-19(21-22-23-25)13-24-11-17(18(20)12-24)14-5-3-2-4-6-14;/h2-10,17-18H,11-13,20H2,1H3;1H/t17-,18+;/m0./s1. The smallest absolute Gasteiger partial charge is 0.175 e. The molecule has 1 aromatic heterocycles. The highest BCUT2D eigenvalue weighted by atomic mass is 35.5. The second-order valence-electron chi connectivity index (χ2n) is 7.15. The first-order valence-electron chi connectivity index (χ1n) is 9.02. The number of halogens is 1. The van der Waals surface area contributed by atoms with Gasteiger partial charge >= 0.3 is 0 Å². The highest BCUT2D eigenvalue weighted by molar-refractivity contribution is 7.90. The van der Waals surface area contributed by atoms with Crippen molar-refractivity contribution in [2.24, 2.45) is 5.73 Å². The minimum absolute atomic E-state index is 0. The highest BCUT2D eigenvalue weighted by Crippen LogP contribution is 2.27. The molecule has 0 amide bonds. The molecule has 0 bridgehead atoms. The van der Waals surface area contributed by atoms with Crippen molar-refractivity contribution in [3.05, 3.63) is 66.0 Å². The molecule has 0 aliphatic carbocycles.